The van der Waals surface area contributed by atoms with E-state index < -0.39 is 0 Å². The Balaban J connectivity index is 1.28. The Morgan fingerprint density at radius 2 is 2.00 bits per heavy atom. The van der Waals surface area contributed by atoms with E-state index in [2.05, 4.69) is 15.1 Å². The summed E-state index contributed by atoms with van der Waals surface area (Å²) in [4.78, 5) is 25.6. The van der Waals surface area contributed by atoms with Crippen molar-refractivity contribution in [3.05, 3.63) is 47.9 Å². The summed E-state index contributed by atoms with van der Waals surface area (Å²) in [5, 5.41) is 4.38. The maximum absolute atomic E-state index is 12.8. The summed E-state index contributed by atoms with van der Waals surface area (Å²) >= 11 is 0. The van der Waals surface area contributed by atoms with Gasteiger partial charge in [-0.15, -0.1) is 0 Å². The molecule has 3 aromatic rings. The molecule has 0 unspecified atom stereocenters. The molecule has 5 rings (SSSR count). The average molecular weight is 406 g/mol. The molecule has 30 heavy (non-hydrogen) atoms. The molecule has 1 saturated heterocycles. The number of nitrogens with zero attached hydrogens (tertiary/aromatic N) is 6. The fourth-order valence-corrected chi connectivity index (χ4v) is 3.81. The van der Waals surface area contributed by atoms with Crippen molar-refractivity contribution >= 4 is 11.9 Å². The summed E-state index contributed by atoms with van der Waals surface area (Å²) in [5.41, 5.74) is 3.70. The van der Waals surface area contributed by atoms with E-state index in [0.29, 0.717) is 25.6 Å². The summed E-state index contributed by atoms with van der Waals surface area (Å²) in [6.45, 7) is 4.27. The molecular weight excluding hydrogens is 384 g/mol. The van der Waals surface area contributed by atoms with Crippen LogP contribution in [0.25, 0.3) is 11.3 Å². The number of aromatic nitrogens is 4. The van der Waals surface area contributed by atoms with Gasteiger partial charge in [-0.2, -0.15) is 5.10 Å². The van der Waals surface area contributed by atoms with Gasteiger partial charge >= 0.3 is 0 Å². The van der Waals surface area contributed by atoms with Crippen LogP contribution < -0.4 is 14.4 Å². The molecule has 9 nitrogen and oxygen atoms in total. The minimum absolute atomic E-state index is 0.0467. The van der Waals surface area contributed by atoms with Gasteiger partial charge in [-0.05, 0) is 30.7 Å². The molecule has 0 atom stereocenters. The van der Waals surface area contributed by atoms with Gasteiger partial charge in [0.25, 0.3) is 0 Å². The third-order valence-electron chi connectivity index (χ3n) is 5.34. The van der Waals surface area contributed by atoms with Gasteiger partial charge in [0.2, 0.25) is 18.6 Å². The van der Waals surface area contributed by atoms with Crippen LogP contribution in [0.2, 0.25) is 0 Å². The molecule has 2 aromatic heterocycles. The quantitative estimate of drug-likeness (QED) is 0.653. The zero-order valence-corrected chi connectivity index (χ0v) is 16.9. The number of rotatable bonds is 4. The molecule has 154 valence electrons. The van der Waals surface area contributed by atoms with Crippen molar-refractivity contribution in [1.29, 1.82) is 0 Å². The lowest BCUT2D eigenvalue weighted by molar-refractivity contribution is -0.131. The number of hydrogen-bond donors (Lipinski definition) is 0. The van der Waals surface area contributed by atoms with Crippen LogP contribution in [0, 0.1) is 6.92 Å². The number of fused-ring (bicyclic) bond motifs is 1. The molecule has 0 aliphatic carbocycles. The third-order valence-corrected chi connectivity index (χ3v) is 5.34. The van der Waals surface area contributed by atoms with E-state index in [4.69, 9.17) is 9.47 Å². The van der Waals surface area contributed by atoms with Crippen LogP contribution in [0.1, 0.15) is 11.3 Å². The van der Waals surface area contributed by atoms with Crippen molar-refractivity contribution in [2.24, 2.45) is 7.05 Å². The second-order valence-electron chi connectivity index (χ2n) is 7.47. The number of carbonyl (C=O) groups excluding carboxylic acids is 1. The maximum atomic E-state index is 12.8. The molecular formula is C21H22N6O3. The predicted molar refractivity (Wildman–Crippen MR) is 109 cm³/mol. The highest BCUT2D eigenvalue weighted by Crippen LogP contribution is 2.33. The molecule has 0 radical (unpaired) electrons. The Hall–Kier alpha value is -3.62. The van der Waals surface area contributed by atoms with Crippen molar-refractivity contribution in [1.82, 2.24) is 24.6 Å². The number of amides is 1. The normalized spacial score (nSPS) is 15.7. The number of aryl methyl sites for hydroxylation is 2. The molecule has 1 fully saturated rings. The van der Waals surface area contributed by atoms with Crippen molar-refractivity contribution in [3.8, 4) is 22.8 Å². The van der Waals surface area contributed by atoms with Gasteiger partial charge in [0.1, 0.15) is 6.54 Å². The third kappa shape index (κ3) is 3.42. The van der Waals surface area contributed by atoms with Gasteiger partial charge in [-0.25, -0.2) is 9.97 Å². The van der Waals surface area contributed by atoms with Gasteiger partial charge < -0.3 is 19.3 Å². The number of carbonyl (C=O) groups is 1. The van der Waals surface area contributed by atoms with E-state index in [1.807, 2.05) is 54.2 Å². The highest BCUT2D eigenvalue weighted by Gasteiger charge is 2.26. The number of piperazine rings is 1. The molecule has 0 spiro atoms. The zero-order valence-electron chi connectivity index (χ0n) is 16.9. The van der Waals surface area contributed by atoms with E-state index in [9.17, 15) is 4.79 Å². The van der Waals surface area contributed by atoms with Gasteiger partial charge in [0.15, 0.2) is 11.5 Å². The average Bonchev–Trinajstić information content (AvgIpc) is 3.34. The van der Waals surface area contributed by atoms with E-state index >= 15 is 0 Å². The smallest absolute Gasteiger partial charge is 0.242 e. The van der Waals surface area contributed by atoms with Crippen LogP contribution in [0.15, 0.2) is 36.7 Å². The number of anilines is 1. The predicted octanol–water partition coefficient (Wildman–Crippen LogP) is 1.76. The lowest BCUT2D eigenvalue weighted by Gasteiger charge is -2.34. The Morgan fingerprint density at radius 3 is 2.80 bits per heavy atom. The van der Waals surface area contributed by atoms with Gasteiger partial charge in [-0.1, -0.05) is 6.07 Å². The standard InChI is InChI=1S/C21H22N6O3/c1-14-16(11-25(2)24-14)17-5-6-22-21(23-17)27-8-7-26(20(28)12-27)10-15-3-4-18-19(9-15)30-13-29-18/h3-6,9,11H,7-8,10,12-13H2,1-2H3. The first kappa shape index (κ1) is 18.4. The Labute approximate surface area is 173 Å². The van der Waals surface area contributed by atoms with Crippen molar-refractivity contribution in [3.63, 3.8) is 0 Å². The lowest BCUT2D eigenvalue weighted by atomic mass is 10.1. The molecule has 0 saturated carbocycles. The van der Waals surface area contributed by atoms with Gasteiger partial charge in [0.05, 0.1) is 11.4 Å². The van der Waals surface area contributed by atoms with E-state index in [-0.39, 0.29) is 19.2 Å². The summed E-state index contributed by atoms with van der Waals surface area (Å²) in [5.74, 6) is 2.09. The van der Waals surface area contributed by atoms with Crippen molar-refractivity contribution in [2.45, 2.75) is 13.5 Å². The number of benzene rings is 1. The van der Waals surface area contributed by atoms with Crippen LogP contribution in [-0.4, -0.2) is 57.0 Å². The van der Waals surface area contributed by atoms with E-state index in [0.717, 1.165) is 34.0 Å². The van der Waals surface area contributed by atoms with Gasteiger partial charge in [-0.3, -0.25) is 9.48 Å². The van der Waals surface area contributed by atoms with Crippen molar-refractivity contribution < 1.29 is 14.3 Å². The summed E-state index contributed by atoms with van der Waals surface area (Å²) < 4.78 is 12.5. The van der Waals surface area contributed by atoms with E-state index in [1.165, 1.54) is 0 Å². The van der Waals surface area contributed by atoms with Crippen LogP contribution in [-0.2, 0) is 18.4 Å². The number of ether oxygens (including phenoxy) is 2. The SMILES string of the molecule is Cc1nn(C)cc1-c1ccnc(N2CCN(Cc3ccc4c(c3)OCO4)C(=O)C2)n1. The maximum Gasteiger partial charge on any atom is 0.242 e. The van der Waals surface area contributed by atoms with Crippen LogP contribution in [0.4, 0.5) is 5.95 Å². The highest BCUT2D eigenvalue weighted by molar-refractivity contribution is 5.82. The zero-order chi connectivity index (χ0) is 20.7. The fraction of sp³-hybridized carbons (Fsp3) is 0.333. The lowest BCUT2D eigenvalue weighted by Crippen LogP contribution is -2.50. The molecule has 0 bridgehead atoms. The van der Waals surface area contributed by atoms with Crippen LogP contribution in [0.5, 0.6) is 11.5 Å². The molecule has 1 amide bonds. The molecule has 9 heteroatoms. The molecule has 4 heterocycles. The molecule has 2 aliphatic heterocycles. The minimum Gasteiger partial charge on any atom is -0.454 e. The molecule has 1 aromatic carbocycles. The van der Waals surface area contributed by atoms with Crippen LogP contribution in [0.3, 0.4) is 0 Å². The van der Waals surface area contributed by atoms with Gasteiger partial charge in [0, 0.05) is 44.6 Å². The molecule has 0 N–H and O–H groups in total. The Morgan fingerprint density at radius 1 is 1.13 bits per heavy atom. The first-order valence-electron chi connectivity index (χ1n) is 9.82. The van der Waals surface area contributed by atoms with Crippen molar-refractivity contribution in [2.75, 3.05) is 31.3 Å². The fourth-order valence-electron chi connectivity index (χ4n) is 3.81. The van der Waals surface area contributed by atoms with E-state index in [1.54, 1.807) is 10.9 Å². The highest BCUT2D eigenvalue weighted by atomic mass is 16.7. The van der Waals surface area contributed by atoms with Crippen LogP contribution >= 0.6 is 0 Å². The first-order chi connectivity index (χ1) is 14.6. The monoisotopic (exact) mass is 406 g/mol. The largest absolute Gasteiger partial charge is 0.454 e. The Kier molecular flexibility index (Phi) is 4.50. The Bertz CT molecular complexity index is 1110. The summed E-state index contributed by atoms with van der Waals surface area (Å²) in [6, 6.07) is 7.66. The summed E-state index contributed by atoms with van der Waals surface area (Å²) in [7, 11) is 1.89. The second-order valence-corrected chi connectivity index (χ2v) is 7.47. The number of hydrogen-bond acceptors (Lipinski definition) is 7. The first-order valence-corrected chi connectivity index (χ1v) is 9.82. The minimum atomic E-state index is 0.0467. The second kappa shape index (κ2) is 7.33. The topological polar surface area (TPSA) is 85.6 Å². The summed E-state index contributed by atoms with van der Waals surface area (Å²) in [6.07, 6.45) is 3.67. The molecule has 2 aliphatic rings.